The number of methoxy groups -OCH3 is 1. The van der Waals surface area contributed by atoms with Gasteiger partial charge in [-0.1, -0.05) is 50.6 Å². The van der Waals surface area contributed by atoms with Gasteiger partial charge in [-0.2, -0.15) is 0 Å². The fourth-order valence-corrected chi connectivity index (χ4v) is 16.1. The number of carboxylic acid groups (broad SMARTS) is 2. The number of benzene rings is 1. The lowest BCUT2D eigenvalue weighted by Crippen LogP contribution is -2.48. The van der Waals surface area contributed by atoms with Crippen LogP contribution in [0.2, 0.25) is 0 Å². The van der Waals surface area contributed by atoms with E-state index in [9.17, 15) is 53.7 Å². The van der Waals surface area contributed by atoms with Crippen LogP contribution in [0.15, 0.2) is 64.0 Å². The van der Waals surface area contributed by atoms with Gasteiger partial charge >= 0.3 is 18.0 Å². The molecule has 4 atom stereocenters. The van der Waals surface area contributed by atoms with Crippen LogP contribution in [0.4, 0.5) is 10.6 Å². The van der Waals surface area contributed by atoms with Gasteiger partial charge in [-0.05, 0) is 56.2 Å². The number of aliphatic carboxylic acids is 2. The molecule has 1 aromatic carbocycles. The molecule has 2 aliphatic rings. The van der Waals surface area contributed by atoms with Gasteiger partial charge < -0.3 is 46.2 Å². The van der Waals surface area contributed by atoms with Crippen LogP contribution >= 0.6 is 68.0 Å². The summed E-state index contributed by atoms with van der Waals surface area (Å²) in [7, 11) is 2.95. The second-order valence-corrected chi connectivity index (χ2v) is 28.0. The number of nitrogens with zero attached hydrogens (tertiary/aromatic N) is 9. The van der Waals surface area contributed by atoms with E-state index in [1.807, 2.05) is 13.8 Å². The molecule has 482 valence electrons. The minimum absolute atomic E-state index is 0.0114. The first kappa shape index (κ1) is 66.7. The molecule has 0 spiro atoms. The number of amides is 6. The third-order valence-corrected chi connectivity index (χ3v) is 21.3. The van der Waals surface area contributed by atoms with Gasteiger partial charge in [0, 0.05) is 84.5 Å². The molecule has 6 amide bonds. The lowest BCUT2D eigenvalue weighted by atomic mass is 9.90. The van der Waals surface area contributed by atoms with Crippen molar-refractivity contribution in [1.82, 2.24) is 61.1 Å². The Morgan fingerprint density at radius 3 is 2.17 bits per heavy atom. The molecule has 2 aliphatic heterocycles. The number of pyridine rings is 1. The van der Waals surface area contributed by atoms with Crippen LogP contribution in [-0.2, 0) is 30.5 Å². The molecule has 31 heteroatoms. The highest BCUT2D eigenvalue weighted by Crippen LogP contribution is 2.41. The van der Waals surface area contributed by atoms with Crippen molar-refractivity contribution in [3.8, 4) is 43.4 Å². The van der Waals surface area contributed by atoms with Crippen LogP contribution in [0.1, 0.15) is 151 Å². The Labute approximate surface area is 551 Å². The summed E-state index contributed by atoms with van der Waals surface area (Å²) in [6.45, 7) is 5.80. The molecule has 9 heterocycles. The van der Waals surface area contributed by atoms with E-state index in [4.69, 9.17) is 39.6 Å². The number of unbranched alkanes of at least 4 members (excludes halogenated alkanes) is 2. The second kappa shape index (κ2) is 30.1. The topological polar surface area (TPSA) is 351 Å². The number of hydrogen-bond donors (Lipinski definition) is 7. The number of ketones is 1. The molecule has 10 bridgehead atoms. The van der Waals surface area contributed by atoms with Crippen LogP contribution in [0.25, 0.3) is 43.4 Å². The third kappa shape index (κ3) is 15.6. The SMILES string of the molecule is CNC(=O)C[C@@H]1NC(=O)c2csc(n2)-c2ccc(-c3nc(N(CCCCCC(=O)O)C(=O)N4CCC(C(=O)O)CC4)cs3)nc2-c2csc(n2)-c2csc(n2)[C@H]([C@@H](O)c2ccccc2)NC(=O)CNC(=O)c2nc(sc2COC)C(C(C)C)CC(=O)c2nc1sc2C. The number of aliphatic hydroxyl groups is 1. The van der Waals surface area contributed by atoms with Crippen molar-refractivity contribution < 1.29 is 58.4 Å². The van der Waals surface area contributed by atoms with E-state index in [0.717, 1.165) is 11.3 Å². The number of carbonyl (C=O) groups is 8. The first-order valence-electron chi connectivity index (χ1n) is 29.4. The normalized spacial score (nSPS) is 17.2. The fourth-order valence-electron chi connectivity index (χ4n) is 10.5. The van der Waals surface area contributed by atoms with Crippen molar-refractivity contribution in [2.24, 2.45) is 11.8 Å². The summed E-state index contributed by atoms with van der Waals surface area (Å²) in [5.41, 5.74) is 2.66. The summed E-state index contributed by atoms with van der Waals surface area (Å²) in [5.74, 6) is -5.36. The van der Waals surface area contributed by atoms with Crippen LogP contribution < -0.4 is 26.2 Å². The number of likely N-dealkylation sites (tertiary alicyclic amines) is 1. The van der Waals surface area contributed by atoms with Gasteiger partial charge in [0.2, 0.25) is 11.8 Å². The molecule has 7 N–H and O–H groups in total. The van der Waals surface area contributed by atoms with Gasteiger partial charge in [0.25, 0.3) is 11.8 Å². The number of ether oxygens (including phenoxy) is 1. The largest absolute Gasteiger partial charge is 0.481 e. The first-order chi connectivity index (χ1) is 44.3. The molecule has 92 heavy (non-hydrogen) atoms. The Hall–Kier alpha value is -8.17. The maximum absolute atomic E-state index is 14.4. The van der Waals surface area contributed by atoms with Crippen LogP contribution in [0.5, 0.6) is 0 Å². The molecular formula is C61H65N13O12S6. The summed E-state index contributed by atoms with van der Waals surface area (Å²) < 4.78 is 5.48. The summed E-state index contributed by atoms with van der Waals surface area (Å²) in [4.78, 5) is 146. The van der Waals surface area contributed by atoms with Crippen molar-refractivity contribution in [1.29, 1.82) is 0 Å². The highest BCUT2D eigenvalue weighted by Gasteiger charge is 2.35. The molecule has 0 radical (unpaired) electrons. The van der Waals surface area contributed by atoms with Gasteiger partial charge in [0.15, 0.2) is 5.78 Å². The summed E-state index contributed by atoms with van der Waals surface area (Å²) in [6.07, 6.45) is 0.413. The van der Waals surface area contributed by atoms with E-state index in [0.29, 0.717) is 112 Å². The van der Waals surface area contributed by atoms with Crippen LogP contribution in [0.3, 0.4) is 0 Å². The van der Waals surface area contributed by atoms with Gasteiger partial charge in [-0.3, -0.25) is 38.5 Å². The zero-order valence-corrected chi connectivity index (χ0v) is 55.4. The molecule has 0 saturated carbocycles. The Bertz CT molecular complexity index is 4020. The van der Waals surface area contributed by atoms with E-state index >= 15 is 0 Å². The number of urea groups is 1. The van der Waals surface area contributed by atoms with E-state index in [2.05, 4.69) is 21.3 Å². The van der Waals surface area contributed by atoms with Gasteiger partial charge in [0.05, 0.1) is 47.1 Å². The Balaban J connectivity index is 1.04. The number of aryl methyl sites for hydroxylation is 1. The molecule has 1 fully saturated rings. The quantitative estimate of drug-likeness (QED) is 0.0442. The highest BCUT2D eigenvalue weighted by molar-refractivity contribution is 7.15. The zero-order chi connectivity index (χ0) is 65.3. The predicted molar refractivity (Wildman–Crippen MR) is 349 cm³/mol. The van der Waals surface area contributed by atoms with Crippen molar-refractivity contribution in [2.45, 2.75) is 103 Å². The number of fused-ring (bicyclic) bond motifs is 14. The lowest BCUT2D eigenvalue weighted by molar-refractivity contribution is -0.143. The van der Waals surface area contributed by atoms with E-state index in [-0.39, 0.29) is 80.3 Å². The predicted octanol–water partition coefficient (Wildman–Crippen LogP) is 9.57. The van der Waals surface area contributed by atoms with Gasteiger partial charge in [-0.25, -0.2) is 39.7 Å². The first-order valence-corrected chi connectivity index (χ1v) is 34.6. The number of Topliss-reactive ketones (excluding diaryl/α,β-unsaturated/α-hetero) is 1. The van der Waals surface area contributed by atoms with Crippen molar-refractivity contribution >= 4 is 121 Å². The number of thiazole rings is 6. The minimum Gasteiger partial charge on any atom is -0.481 e. The maximum atomic E-state index is 14.4. The van der Waals surface area contributed by atoms with Gasteiger partial charge in [0.1, 0.15) is 77.2 Å². The number of aromatic nitrogens is 7. The number of nitrogens with one attached hydrogen (secondary N) is 4. The summed E-state index contributed by atoms with van der Waals surface area (Å²) in [6, 6.07) is 9.81. The monoisotopic (exact) mass is 1360 g/mol. The standard InChI is InChI=1S/C61H65N13O12S6/c1-30(2)35-22-41(75)47-31(3)91-58(71-47)37(23-44(76)62-4)65-52(81)39-27-87-54(67-39)34-15-16-36(56-69-43(29-90-56)74(19-11-7-10-14-46(78)79)61(85)73-20-17-33(18-21-73)60(83)84)64-48(34)38-26-88-57(66-38)40-28-89-59(68-40)50(51(80)32-12-8-6-9-13-32)70-45(77)24-63-53(82)49-42(25-86-5)92-55(35)72-49/h6,8-9,12-13,15-16,26-30,33,35,37,50-51,80H,7,10-11,14,17-25H2,1-5H3,(H,62,76)(H,63,82)(H,65,81)(H,70,77)(H,78,79)(H,83,84)/t35?,37-,50-,51-/m0/s1. The molecule has 0 aliphatic carbocycles. The Morgan fingerprint density at radius 2 is 1.45 bits per heavy atom. The third-order valence-electron chi connectivity index (χ3n) is 15.5. The van der Waals surface area contributed by atoms with E-state index in [1.54, 1.807) is 75.8 Å². The number of piperidine rings is 1. The van der Waals surface area contributed by atoms with Crippen LogP contribution in [0, 0.1) is 18.8 Å². The number of rotatable bonds is 16. The average molecular weight is 1360 g/mol. The number of carbonyl (C=O) groups excluding carboxylic acids is 6. The maximum Gasteiger partial charge on any atom is 0.325 e. The van der Waals surface area contributed by atoms with Crippen molar-refractivity contribution in [3.05, 3.63) is 111 Å². The molecule has 7 aromatic heterocycles. The lowest BCUT2D eigenvalue weighted by Gasteiger charge is -2.34. The number of carboxylic acids is 2. The molecule has 8 aromatic rings. The number of aliphatic hydroxyl groups excluding tert-OH is 1. The number of hydrogen-bond acceptors (Lipinski definition) is 23. The molecule has 25 nitrogen and oxygen atoms in total. The fraction of sp³-hybridized carbons (Fsp3) is 0.393. The highest BCUT2D eigenvalue weighted by atomic mass is 32.1. The molecular weight excluding hydrogens is 1300 g/mol. The smallest absolute Gasteiger partial charge is 0.325 e. The molecule has 1 saturated heterocycles. The van der Waals surface area contributed by atoms with E-state index in [1.165, 1.54) is 75.7 Å². The minimum atomic E-state index is -1.30. The summed E-state index contributed by atoms with van der Waals surface area (Å²) in [5, 5.41) is 51.3. The second-order valence-electron chi connectivity index (χ2n) is 22.2. The molecule has 1 unspecified atom stereocenters. The zero-order valence-electron chi connectivity index (χ0n) is 50.5. The van der Waals surface area contributed by atoms with Crippen molar-refractivity contribution in [2.75, 3.05) is 45.2 Å². The van der Waals surface area contributed by atoms with Gasteiger partial charge in [-0.15, -0.1) is 68.0 Å². The Morgan fingerprint density at radius 1 is 0.739 bits per heavy atom. The number of anilines is 1. The summed E-state index contributed by atoms with van der Waals surface area (Å²) >= 11 is 7.21. The van der Waals surface area contributed by atoms with Crippen molar-refractivity contribution in [3.63, 3.8) is 0 Å². The van der Waals surface area contributed by atoms with E-state index < -0.39 is 72.1 Å². The molecule has 10 rings (SSSR count). The average Bonchev–Trinajstić information content (AvgIpc) is 1.61. The Kier molecular flexibility index (Phi) is 21.8. The van der Waals surface area contributed by atoms with Crippen LogP contribution in [-0.4, -0.2) is 143 Å².